The second-order valence-electron chi connectivity index (χ2n) is 6.14. The van der Waals surface area contributed by atoms with E-state index in [2.05, 4.69) is 5.32 Å². The Morgan fingerprint density at radius 1 is 1.04 bits per heavy atom. The number of ketones is 1. The second kappa shape index (κ2) is 7.87. The molecule has 2 aromatic carbocycles. The van der Waals surface area contributed by atoms with Crippen LogP contribution in [0.25, 0.3) is 11.0 Å². The molecule has 7 nitrogen and oxygen atoms in total. The number of rotatable bonds is 5. The van der Waals surface area contributed by atoms with Crippen LogP contribution in [0.4, 0.5) is 5.69 Å². The van der Waals surface area contributed by atoms with E-state index in [0.717, 1.165) is 6.07 Å². The highest BCUT2D eigenvalue weighted by Crippen LogP contribution is 2.14. The number of carbonyl (C=O) groups excluding carboxylic acids is 3. The summed E-state index contributed by atoms with van der Waals surface area (Å²) in [6.45, 7) is 2.84. The maximum absolute atomic E-state index is 12.3. The summed E-state index contributed by atoms with van der Waals surface area (Å²) >= 11 is 0. The molecule has 1 atom stereocenters. The van der Waals surface area contributed by atoms with Crippen molar-refractivity contribution in [3.8, 4) is 0 Å². The average Bonchev–Trinajstić information content (AvgIpc) is 2.68. The van der Waals surface area contributed by atoms with Crippen molar-refractivity contribution in [1.82, 2.24) is 0 Å². The maximum Gasteiger partial charge on any atom is 0.375 e. The van der Waals surface area contributed by atoms with E-state index in [1.54, 1.807) is 48.5 Å². The first kappa shape index (κ1) is 19.0. The molecule has 1 aromatic heterocycles. The van der Waals surface area contributed by atoms with Gasteiger partial charge in [-0.05, 0) is 50.2 Å². The Kier molecular flexibility index (Phi) is 5.35. The Labute approximate surface area is 159 Å². The number of hydrogen-bond donors (Lipinski definition) is 1. The summed E-state index contributed by atoms with van der Waals surface area (Å²) in [6, 6.07) is 13.9. The van der Waals surface area contributed by atoms with Crippen LogP contribution in [0.3, 0.4) is 0 Å². The number of carbonyl (C=O) groups is 3. The van der Waals surface area contributed by atoms with Crippen LogP contribution in [0.2, 0.25) is 0 Å². The van der Waals surface area contributed by atoms with Gasteiger partial charge in [-0.15, -0.1) is 0 Å². The van der Waals surface area contributed by atoms with E-state index in [1.165, 1.54) is 13.8 Å². The first-order valence-corrected chi connectivity index (χ1v) is 8.51. The highest BCUT2D eigenvalue weighted by Gasteiger charge is 2.21. The Bertz CT molecular complexity index is 1110. The molecule has 1 N–H and O–H groups in total. The van der Waals surface area contributed by atoms with Gasteiger partial charge in [0, 0.05) is 17.3 Å². The van der Waals surface area contributed by atoms with Gasteiger partial charge in [-0.2, -0.15) is 0 Å². The molecule has 1 amide bonds. The lowest BCUT2D eigenvalue weighted by atomic mass is 10.1. The van der Waals surface area contributed by atoms with Crippen molar-refractivity contribution in [1.29, 1.82) is 0 Å². The quantitative estimate of drug-likeness (QED) is 0.539. The summed E-state index contributed by atoms with van der Waals surface area (Å²) < 4.78 is 10.5. The molecule has 28 heavy (non-hydrogen) atoms. The van der Waals surface area contributed by atoms with Gasteiger partial charge in [0.1, 0.15) is 5.58 Å². The third-order valence-corrected chi connectivity index (χ3v) is 4.05. The summed E-state index contributed by atoms with van der Waals surface area (Å²) in [5.74, 6) is -1.85. The highest BCUT2D eigenvalue weighted by molar-refractivity contribution is 5.98. The van der Waals surface area contributed by atoms with Crippen LogP contribution in [0.15, 0.2) is 63.8 Å². The van der Waals surface area contributed by atoms with Gasteiger partial charge < -0.3 is 14.5 Å². The van der Waals surface area contributed by atoms with Crippen LogP contribution < -0.4 is 10.7 Å². The van der Waals surface area contributed by atoms with Crippen molar-refractivity contribution in [3.63, 3.8) is 0 Å². The largest absolute Gasteiger partial charge is 0.449 e. The third kappa shape index (κ3) is 4.15. The zero-order valence-corrected chi connectivity index (χ0v) is 15.2. The van der Waals surface area contributed by atoms with Crippen LogP contribution in [-0.4, -0.2) is 23.8 Å². The van der Waals surface area contributed by atoms with Gasteiger partial charge >= 0.3 is 5.97 Å². The molecule has 0 aliphatic rings. The standard InChI is InChI=1S/C21H17NO6/c1-12(23)14-7-9-15(10-8-14)22-20(25)13(2)27-21(26)19-11-17(24)16-5-3-4-6-18(16)28-19/h3-11,13H,1-2H3,(H,22,25)/t13-/m0/s1. The van der Waals surface area contributed by atoms with E-state index in [-0.39, 0.29) is 22.6 Å². The fourth-order valence-electron chi connectivity index (χ4n) is 2.51. The number of nitrogens with one attached hydrogen (secondary N) is 1. The fraction of sp³-hybridized carbons (Fsp3) is 0.143. The van der Waals surface area contributed by atoms with Gasteiger partial charge in [0.15, 0.2) is 17.3 Å². The minimum atomic E-state index is -1.13. The van der Waals surface area contributed by atoms with Crippen molar-refractivity contribution in [2.24, 2.45) is 0 Å². The summed E-state index contributed by atoms with van der Waals surface area (Å²) in [7, 11) is 0. The lowest BCUT2D eigenvalue weighted by Crippen LogP contribution is -2.30. The molecule has 0 aliphatic carbocycles. The average molecular weight is 379 g/mol. The van der Waals surface area contributed by atoms with Gasteiger partial charge in [-0.1, -0.05) is 12.1 Å². The minimum absolute atomic E-state index is 0.0861. The number of para-hydroxylation sites is 1. The minimum Gasteiger partial charge on any atom is -0.449 e. The number of esters is 1. The summed E-state index contributed by atoms with van der Waals surface area (Å²) in [5.41, 5.74) is 0.847. The van der Waals surface area contributed by atoms with Crippen molar-refractivity contribution in [2.45, 2.75) is 20.0 Å². The first-order valence-electron chi connectivity index (χ1n) is 8.51. The fourth-order valence-corrected chi connectivity index (χ4v) is 2.51. The van der Waals surface area contributed by atoms with Crippen molar-refractivity contribution >= 4 is 34.3 Å². The summed E-state index contributed by atoms with van der Waals surface area (Å²) in [4.78, 5) is 47.8. The molecule has 0 fully saturated rings. The van der Waals surface area contributed by atoms with E-state index in [1.807, 2.05) is 0 Å². The van der Waals surface area contributed by atoms with E-state index in [4.69, 9.17) is 9.15 Å². The predicted molar refractivity (Wildman–Crippen MR) is 102 cm³/mol. The van der Waals surface area contributed by atoms with Crippen LogP contribution in [0.1, 0.15) is 34.8 Å². The molecule has 0 spiro atoms. The topological polar surface area (TPSA) is 103 Å². The molecule has 0 bridgehead atoms. The Balaban J connectivity index is 1.69. The number of ether oxygens (including phenoxy) is 1. The third-order valence-electron chi connectivity index (χ3n) is 4.05. The SMILES string of the molecule is CC(=O)c1ccc(NC(=O)[C@H](C)OC(=O)c2cc(=O)c3ccccc3o2)cc1. The number of fused-ring (bicyclic) bond motifs is 1. The van der Waals surface area contributed by atoms with Crippen molar-refractivity contribution in [3.05, 3.63) is 76.1 Å². The van der Waals surface area contributed by atoms with E-state index >= 15 is 0 Å². The van der Waals surface area contributed by atoms with Crippen LogP contribution in [0.5, 0.6) is 0 Å². The monoisotopic (exact) mass is 379 g/mol. The molecular formula is C21H17NO6. The van der Waals surface area contributed by atoms with Crippen molar-refractivity contribution < 1.29 is 23.5 Å². The highest BCUT2D eigenvalue weighted by atomic mass is 16.6. The molecule has 0 aliphatic heterocycles. The van der Waals surface area contributed by atoms with Crippen LogP contribution in [-0.2, 0) is 9.53 Å². The molecule has 0 unspecified atom stereocenters. The van der Waals surface area contributed by atoms with Gasteiger partial charge in [-0.3, -0.25) is 14.4 Å². The Morgan fingerprint density at radius 2 is 1.71 bits per heavy atom. The summed E-state index contributed by atoms with van der Waals surface area (Å²) in [5, 5.41) is 2.93. The van der Waals surface area contributed by atoms with Crippen LogP contribution >= 0.6 is 0 Å². The molecule has 142 valence electrons. The zero-order chi connectivity index (χ0) is 20.3. The molecule has 0 radical (unpaired) electrons. The van der Waals surface area contributed by atoms with Gasteiger partial charge in [0.25, 0.3) is 5.91 Å². The molecule has 1 heterocycles. The predicted octanol–water partition coefficient (Wildman–Crippen LogP) is 3.18. The smallest absolute Gasteiger partial charge is 0.375 e. The number of Topliss-reactive ketones (excluding diaryl/α,β-unsaturated/α-hetero) is 1. The normalized spacial score (nSPS) is 11.6. The molecule has 0 saturated heterocycles. The number of anilines is 1. The lowest BCUT2D eigenvalue weighted by Gasteiger charge is -2.13. The van der Waals surface area contributed by atoms with E-state index in [9.17, 15) is 19.2 Å². The number of benzene rings is 2. The first-order chi connectivity index (χ1) is 13.3. The zero-order valence-electron chi connectivity index (χ0n) is 15.2. The Morgan fingerprint density at radius 3 is 2.39 bits per heavy atom. The number of hydrogen-bond acceptors (Lipinski definition) is 6. The Hall–Kier alpha value is -3.74. The molecule has 7 heteroatoms. The second-order valence-corrected chi connectivity index (χ2v) is 6.14. The van der Waals surface area contributed by atoms with E-state index in [0.29, 0.717) is 16.6 Å². The molecule has 3 rings (SSSR count). The van der Waals surface area contributed by atoms with Gasteiger partial charge in [0.2, 0.25) is 5.76 Å². The van der Waals surface area contributed by atoms with E-state index < -0.39 is 18.0 Å². The number of amides is 1. The van der Waals surface area contributed by atoms with Gasteiger partial charge in [-0.25, -0.2) is 4.79 Å². The van der Waals surface area contributed by atoms with Gasteiger partial charge in [0.05, 0.1) is 5.39 Å². The molecule has 0 saturated carbocycles. The molecular weight excluding hydrogens is 362 g/mol. The summed E-state index contributed by atoms with van der Waals surface area (Å²) in [6.07, 6.45) is -1.13. The molecule has 3 aromatic rings. The maximum atomic E-state index is 12.3. The van der Waals surface area contributed by atoms with Crippen LogP contribution in [0, 0.1) is 0 Å². The lowest BCUT2D eigenvalue weighted by molar-refractivity contribution is -0.123. The van der Waals surface area contributed by atoms with Crippen molar-refractivity contribution in [2.75, 3.05) is 5.32 Å².